The summed E-state index contributed by atoms with van der Waals surface area (Å²) in [6, 6.07) is 0.132. The van der Waals surface area contributed by atoms with E-state index in [0.717, 1.165) is 19.4 Å². The Morgan fingerprint density at radius 3 is 3.10 bits per heavy atom. The molecule has 0 radical (unpaired) electrons. The van der Waals surface area contributed by atoms with E-state index in [1.54, 1.807) is 7.05 Å². The Hall–Kier alpha value is -0.410. The van der Waals surface area contributed by atoms with E-state index in [0.29, 0.717) is 12.3 Å². The Morgan fingerprint density at radius 2 is 2.60 bits per heavy atom. The van der Waals surface area contributed by atoms with Crippen molar-refractivity contribution in [2.75, 3.05) is 20.1 Å². The van der Waals surface area contributed by atoms with Crippen molar-refractivity contribution in [2.45, 2.75) is 18.9 Å². The normalized spacial score (nSPS) is 25.1. The van der Waals surface area contributed by atoms with Gasteiger partial charge in [0.1, 0.15) is 0 Å². The minimum Gasteiger partial charge on any atom is -0.313 e. The first kappa shape index (κ1) is 7.69. The molecule has 58 valence electrons. The van der Waals surface area contributed by atoms with Crippen molar-refractivity contribution in [3.05, 3.63) is 0 Å². The van der Waals surface area contributed by atoms with E-state index in [2.05, 4.69) is 10.6 Å². The highest BCUT2D eigenvalue weighted by molar-refractivity contribution is 5.86. The Morgan fingerprint density at radius 1 is 1.80 bits per heavy atom. The van der Waals surface area contributed by atoms with Gasteiger partial charge in [-0.15, -0.1) is 0 Å². The molecule has 0 saturated carbocycles. The Bertz CT molecular complexity index is 119. The van der Waals surface area contributed by atoms with Gasteiger partial charge in [0, 0.05) is 0 Å². The monoisotopic (exact) mass is 142 g/mol. The van der Waals surface area contributed by atoms with Gasteiger partial charge in [0.2, 0.25) is 0 Å². The Balaban J connectivity index is 2.25. The topological polar surface area (TPSA) is 41.1 Å². The van der Waals surface area contributed by atoms with Gasteiger partial charge in [-0.3, -0.25) is 4.79 Å². The molecular weight excluding hydrogens is 128 g/mol. The number of Topliss-reactive ketones (excluding diaryl/α,β-unsaturated/α-hetero) is 1. The molecule has 0 aromatic rings. The highest BCUT2D eigenvalue weighted by Crippen LogP contribution is 2.04. The van der Waals surface area contributed by atoms with Crippen LogP contribution in [0.25, 0.3) is 0 Å². The van der Waals surface area contributed by atoms with Crippen molar-refractivity contribution < 1.29 is 4.79 Å². The van der Waals surface area contributed by atoms with Crippen LogP contribution >= 0.6 is 0 Å². The molecule has 3 nitrogen and oxygen atoms in total. The standard InChI is InChI=1S/C7H14N2O/c1-8-5-7(10)6-3-2-4-9-6/h6,8-9H,2-5H2,1H3. The van der Waals surface area contributed by atoms with Crippen LogP contribution in [0.1, 0.15) is 12.8 Å². The molecule has 0 aliphatic carbocycles. The first-order valence-corrected chi connectivity index (χ1v) is 3.75. The summed E-state index contributed by atoms with van der Waals surface area (Å²) in [5.41, 5.74) is 0. The van der Waals surface area contributed by atoms with Crippen LogP contribution in [0.4, 0.5) is 0 Å². The Kier molecular flexibility index (Phi) is 2.83. The fraction of sp³-hybridized carbons (Fsp3) is 0.857. The summed E-state index contributed by atoms with van der Waals surface area (Å²) in [5.74, 6) is 0.292. The fourth-order valence-electron chi connectivity index (χ4n) is 1.26. The first-order valence-electron chi connectivity index (χ1n) is 3.75. The molecule has 1 rings (SSSR count). The molecule has 0 spiro atoms. The van der Waals surface area contributed by atoms with Gasteiger partial charge in [0.25, 0.3) is 0 Å². The summed E-state index contributed by atoms with van der Waals surface area (Å²) in [7, 11) is 1.80. The third kappa shape index (κ3) is 1.78. The molecular formula is C7H14N2O. The number of rotatable bonds is 3. The average Bonchev–Trinajstić information content (AvgIpc) is 2.38. The molecule has 0 aromatic heterocycles. The maximum Gasteiger partial charge on any atom is 0.163 e. The summed E-state index contributed by atoms with van der Waals surface area (Å²) in [5, 5.41) is 6.01. The summed E-state index contributed by atoms with van der Waals surface area (Å²) in [4.78, 5) is 11.1. The zero-order valence-corrected chi connectivity index (χ0v) is 6.31. The second-order valence-electron chi connectivity index (χ2n) is 2.65. The van der Waals surface area contributed by atoms with Gasteiger partial charge in [-0.25, -0.2) is 0 Å². The van der Waals surface area contributed by atoms with E-state index >= 15 is 0 Å². The number of hydrogen-bond donors (Lipinski definition) is 2. The molecule has 1 aliphatic rings. The van der Waals surface area contributed by atoms with Crippen molar-refractivity contribution in [1.82, 2.24) is 10.6 Å². The van der Waals surface area contributed by atoms with Crippen molar-refractivity contribution in [3.63, 3.8) is 0 Å². The number of nitrogens with one attached hydrogen (secondary N) is 2. The van der Waals surface area contributed by atoms with Gasteiger partial charge in [-0.05, 0) is 26.4 Å². The predicted molar refractivity (Wildman–Crippen MR) is 40.0 cm³/mol. The molecule has 0 amide bonds. The minimum atomic E-state index is 0.132. The van der Waals surface area contributed by atoms with Crippen molar-refractivity contribution in [2.24, 2.45) is 0 Å². The van der Waals surface area contributed by atoms with Gasteiger partial charge in [0.05, 0.1) is 12.6 Å². The summed E-state index contributed by atoms with van der Waals surface area (Å²) >= 11 is 0. The Labute approximate surface area is 61.2 Å². The van der Waals surface area contributed by atoms with Crippen molar-refractivity contribution in [1.29, 1.82) is 0 Å². The number of hydrogen-bond acceptors (Lipinski definition) is 3. The summed E-state index contributed by atoms with van der Waals surface area (Å²) in [6.45, 7) is 1.50. The zero-order valence-electron chi connectivity index (χ0n) is 6.31. The molecule has 1 heterocycles. The van der Waals surface area contributed by atoms with Gasteiger partial charge in [-0.1, -0.05) is 0 Å². The molecule has 1 saturated heterocycles. The van der Waals surface area contributed by atoms with E-state index in [4.69, 9.17) is 0 Å². The fourth-order valence-corrected chi connectivity index (χ4v) is 1.26. The lowest BCUT2D eigenvalue weighted by molar-refractivity contribution is -0.119. The van der Waals surface area contributed by atoms with Crippen LogP contribution in [-0.4, -0.2) is 32.0 Å². The molecule has 1 unspecified atom stereocenters. The maximum absolute atomic E-state index is 11.1. The highest BCUT2D eigenvalue weighted by Gasteiger charge is 2.20. The smallest absolute Gasteiger partial charge is 0.163 e. The molecule has 0 aromatic carbocycles. The summed E-state index contributed by atoms with van der Waals surface area (Å²) in [6.07, 6.45) is 2.15. The average molecular weight is 142 g/mol. The first-order chi connectivity index (χ1) is 4.84. The lowest BCUT2D eigenvalue weighted by Gasteiger charge is -2.06. The third-order valence-corrected chi connectivity index (χ3v) is 1.80. The van der Waals surface area contributed by atoms with Gasteiger partial charge < -0.3 is 10.6 Å². The quantitative estimate of drug-likeness (QED) is 0.559. The number of likely N-dealkylation sites (N-methyl/N-ethyl adjacent to an activating group) is 1. The van der Waals surface area contributed by atoms with Crippen molar-refractivity contribution in [3.8, 4) is 0 Å². The van der Waals surface area contributed by atoms with Crippen LogP contribution in [-0.2, 0) is 4.79 Å². The molecule has 0 bridgehead atoms. The summed E-state index contributed by atoms with van der Waals surface area (Å²) < 4.78 is 0. The van der Waals surface area contributed by atoms with E-state index < -0.39 is 0 Å². The van der Waals surface area contributed by atoms with Crippen LogP contribution in [0, 0.1) is 0 Å². The highest BCUT2D eigenvalue weighted by atomic mass is 16.1. The predicted octanol–water partition coefficient (Wildman–Crippen LogP) is -0.473. The van der Waals surface area contributed by atoms with Gasteiger partial charge in [0.15, 0.2) is 5.78 Å². The van der Waals surface area contributed by atoms with E-state index in [9.17, 15) is 4.79 Å². The second-order valence-corrected chi connectivity index (χ2v) is 2.65. The van der Waals surface area contributed by atoms with Crippen LogP contribution in [0.15, 0.2) is 0 Å². The lowest BCUT2D eigenvalue weighted by atomic mass is 10.1. The SMILES string of the molecule is CNCC(=O)C1CCCN1. The number of carbonyl (C=O) groups is 1. The van der Waals surface area contributed by atoms with Gasteiger partial charge in [-0.2, -0.15) is 0 Å². The number of carbonyl (C=O) groups excluding carboxylic acids is 1. The van der Waals surface area contributed by atoms with Crippen molar-refractivity contribution >= 4 is 5.78 Å². The second kappa shape index (κ2) is 3.68. The molecule has 1 aliphatic heterocycles. The van der Waals surface area contributed by atoms with Crippen LogP contribution in [0.5, 0.6) is 0 Å². The van der Waals surface area contributed by atoms with Crippen LogP contribution in [0.2, 0.25) is 0 Å². The number of ketones is 1. The zero-order chi connectivity index (χ0) is 7.40. The van der Waals surface area contributed by atoms with E-state index in [1.807, 2.05) is 0 Å². The molecule has 10 heavy (non-hydrogen) atoms. The molecule has 1 atom stereocenters. The molecule has 1 fully saturated rings. The molecule has 3 heteroatoms. The van der Waals surface area contributed by atoms with Gasteiger partial charge >= 0.3 is 0 Å². The third-order valence-electron chi connectivity index (χ3n) is 1.80. The van der Waals surface area contributed by atoms with E-state index in [1.165, 1.54) is 0 Å². The molecule has 2 N–H and O–H groups in total. The maximum atomic E-state index is 11.1. The minimum absolute atomic E-state index is 0.132. The largest absolute Gasteiger partial charge is 0.313 e. The van der Waals surface area contributed by atoms with E-state index in [-0.39, 0.29) is 6.04 Å². The van der Waals surface area contributed by atoms with Crippen LogP contribution in [0.3, 0.4) is 0 Å². The van der Waals surface area contributed by atoms with Crippen LogP contribution < -0.4 is 10.6 Å². The lowest BCUT2D eigenvalue weighted by Crippen LogP contribution is -2.36.